The molecule has 0 atom stereocenters. The molecule has 2 aromatic rings. The number of benzene rings is 1. The summed E-state index contributed by atoms with van der Waals surface area (Å²) in [7, 11) is 1.58. The minimum atomic E-state index is 0.0756. The quantitative estimate of drug-likeness (QED) is 0.773. The molecule has 0 saturated heterocycles. The van der Waals surface area contributed by atoms with Crippen LogP contribution in [0.3, 0.4) is 0 Å². The normalized spacial score (nSPS) is 10.6. The Kier molecular flexibility index (Phi) is 6.29. The van der Waals surface area contributed by atoms with Crippen LogP contribution in [0.25, 0.3) is 11.4 Å². The molecule has 6 nitrogen and oxygen atoms in total. The second kappa shape index (κ2) is 8.21. The predicted octanol–water partition coefficient (Wildman–Crippen LogP) is 3.09. The molecule has 8 heteroatoms. The number of aromatic amines is 1. The van der Waals surface area contributed by atoms with Crippen LogP contribution in [0.1, 0.15) is 13.8 Å². The summed E-state index contributed by atoms with van der Waals surface area (Å²) < 4.78 is 5.31. The summed E-state index contributed by atoms with van der Waals surface area (Å²) in [4.78, 5) is 18.2. The fourth-order valence-electron chi connectivity index (χ4n) is 2.09. The number of H-pyrrole nitrogens is 1. The highest BCUT2D eigenvalue weighted by molar-refractivity contribution is 7.99. The first-order chi connectivity index (χ1) is 11.1. The van der Waals surface area contributed by atoms with Gasteiger partial charge in [0, 0.05) is 18.1 Å². The van der Waals surface area contributed by atoms with Crippen LogP contribution in [0.4, 0.5) is 0 Å². The lowest BCUT2D eigenvalue weighted by atomic mass is 10.2. The summed E-state index contributed by atoms with van der Waals surface area (Å²) in [5.74, 6) is 1.60. The molecule has 1 aromatic carbocycles. The van der Waals surface area contributed by atoms with Gasteiger partial charge in [0.25, 0.3) is 0 Å². The maximum Gasteiger partial charge on any atom is 0.233 e. The molecular weight excluding hydrogens is 336 g/mol. The lowest BCUT2D eigenvalue weighted by Gasteiger charge is -2.17. The molecule has 1 N–H and O–H groups in total. The summed E-state index contributed by atoms with van der Waals surface area (Å²) in [6.07, 6.45) is 0. The number of nitrogens with zero attached hydrogens (tertiary/aromatic N) is 3. The maximum atomic E-state index is 12.0. The van der Waals surface area contributed by atoms with Gasteiger partial charge in [0.1, 0.15) is 5.75 Å². The zero-order valence-corrected chi connectivity index (χ0v) is 14.9. The number of carbonyl (C=O) groups excluding carboxylic acids is 1. The summed E-state index contributed by atoms with van der Waals surface area (Å²) in [5, 5.41) is 8.10. The smallest absolute Gasteiger partial charge is 0.233 e. The standard InChI is InChI=1S/C15H19ClN4O2S/c1-4-20(5-2)13(21)9-23-15-17-14(18-19-15)11-8-10(16)6-7-12(11)22-3/h6-8H,4-5,9H2,1-3H3,(H,17,18,19). The highest BCUT2D eigenvalue weighted by Crippen LogP contribution is 2.31. The van der Waals surface area contributed by atoms with Crippen molar-refractivity contribution in [3.05, 3.63) is 23.2 Å². The maximum absolute atomic E-state index is 12.0. The lowest BCUT2D eigenvalue weighted by Crippen LogP contribution is -2.31. The van der Waals surface area contributed by atoms with E-state index >= 15 is 0 Å². The van der Waals surface area contributed by atoms with E-state index < -0.39 is 0 Å². The number of aromatic nitrogens is 3. The van der Waals surface area contributed by atoms with E-state index in [-0.39, 0.29) is 5.91 Å². The van der Waals surface area contributed by atoms with E-state index in [1.807, 2.05) is 13.8 Å². The summed E-state index contributed by atoms with van der Waals surface area (Å²) >= 11 is 7.33. The molecule has 0 unspecified atom stereocenters. The number of halogens is 1. The number of thioether (sulfide) groups is 1. The second-order valence-corrected chi connectivity index (χ2v) is 6.04. The monoisotopic (exact) mass is 354 g/mol. The summed E-state index contributed by atoms with van der Waals surface area (Å²) in [6.45, 7) is 5.33. The Morgan fingerprint density at radius 2 is 2.13 bits per heavy atom. The van der Waals surface area contributed by atoms with E-state index in [4.69, 9.17) is 16.3 Å². The average Bonchev–Trinajstić information content (AvgIpc) is 3.03. The molecule has 23 heavy (non-hydrogen) atoms. The molecule has 0 saturated carbocycles. The van der Waals surface area contributed by atoms with Gasteiger partial charge in [-0.25, -0.2) is 4.98 Å². The Bertz CT molecular complexity index is 673. The Labute approximate surface area is 144 Å². The molecule has 0 aliphatic carbocycles. The number of hydrogen-bond acceptors (Lipinski definition) is 5. The fourth-order valence-corrected chi connectivity index (χ4v) is 2.96. The zero-order chi connectivity index (χ0) is 16.8. The molecule has 0 bridgehead atoms. The molecule has 1 amide bonds. The highest BCUT2D eigenvalue weighted by Gasteiger charge is 2.14. The number of ether oxygens (including phenoxy) is 1. The van der Waals surface area contributed by atoms with Crippen molar-refractivity contribution >= 4 is 29.3 Å². The zero-order valence-electron chi connectivity index (χ0n) is 13.3. The molecule has 0 aliphatic heterocycles. The number of methoxy groups -OCH3 is 1. The van der Waals surface area contributed by atoms with E-state index in [0.29, 0.717) is 40.6 Å². The van der Waals surface area contributed by atoms with Gasteiger partial charge < -0.3 is 9.64 Å². The molecule has 124 valence electrons. The lowest BCUT2D eigenvalue weighted by molar-refractivity contribution is -0.127. The van der Waals surface area contributed by atoms with Gasteiger partial charge in [-0.15, -0.1) is 5.10 Å². The van der Waals surface area contributed by atoms with E-state index in [1.165, 1.54) is 11.8 Å². The topological polar surface area (TPSA) is 71.1 Å². The molecule has 1 heterocycles. The highest BCUT2D eigenvalue weighted by atomic mass is 35.5. The third-order valence-corrected chi connectivity index (χ3v) is 4.39. The number of carbonyl (C=O) groups is 1. The van der Waals surface area contributed by atoms with Crippen LogP contribution >= 0.6 is 23.4 Å². The van der Waals surface area contributed by atoms with Gasteiger partial charge in [0.05, 0.1) is 18.4 Å². The molecule has 0 aliphatic rings. The second-order valence-electron chi connectivity index (χ2n) is 4.67. The van der Waals surface area contributed by atoms with Crippen molar-refractivity contribution in [2.75, 3.05) is 26.0 Å². The molecule has 0 spiro atoms. The fraction of sp³-hybridized carbons (Fsp3) is 0.400. The van der Waals surface area contributed by atoms with Crippen LogP contribution < -0.4 is 4.74 Å². The van der Waals surface area contributed by atoms with Crippen LogP contribution in [-0.4, -0.2) is 51.9 Å². The van der Waals surface area contributed by atoms with Gasteiger partial charge in [0.15, 0.2) is 5.82 Å². The first-order valence-electron chi connectivity index (χ1n) is 7.25. The molecule has 0 fully saturated rings. The molecule has 0 radical (unpaired) electrons. The van der Waals surface area contributed by atoms with E-state index in [9.17, 15) is 4.79 Å². The minimum absolute atomic E-state index is 0.0756. The van der Waals surface area contributed by atoms with E-state index in [1.54, 1.807) is 30.2 Å². The predicted molar refractivity (Wildman–Crippen MR) is 92.0 cm³/mol. The minimum Gasteiger partial charge on any atom is -0.496 e. The Balaban J connectivity index is 2.09. The van der Waals surface area contributed by atoms with Crippen LogP contribution in [0, 0.1) is 0 Å². The van der Waals surface area contributed by atoms with Crippen LogP contribution in [0.5, 0.6) is 5.75 Å². The first-order valence-corrected chi connectivity index (χ1v) is 8.62. The van der Waals surface area contributed by atoms with Crippen LogP contribution in [0.15, 0.2) is 23.4 Å². The van der Waals surface area contributed by atoms with Crippen molar-refractivity contribution in [2.24, 2.45) is 0 Å². The van der Waals surface area contributed by atoms with Crippen molar-refractivity contribution in [3.63, 3.8) is 0 Å². The summed E-state index contributed by atoms with van der Waals surface area (Å²) in [5.41, 5.74) is 0.731. The van der Waals surface area contributed by atoms with Crippen molar-refractivity contribution < 1.29 is 9.53 Å². The van der Waals surface area contributed by atoms with Gasteiger partial charge in [-0.05, 0) is 32.0 Å². The van der Waals surface area contributed by atoms with Crippen molar-refractivity contribution in [1.82, 2.24) is 20.1 Å². The molecular formula is C15H19ClN4O2S. The van der Waals surface area contributed by atoms with Gasteiger partial charge in [-0.2, -0.15) is 0 Å². The van der Waals surface area contributed by atoms with Gasteiger partial charge in [-0.3, -0.25) is 9.89 Å². The third-order valence-electron chi connectivity index (χ3n) is 3.32. The number of hydrogen-bond donors (Lipinski definition) is 1. The van der Waals surface area contributed by atoms with Crippen LogP contribution in [-0.2, 0) is 4.79 Å². The van der Waals surface area contributed by atoms with Gasteiger partial charge in [-0.1, -0.05) is 23.4 Å². The average molecular weight is 355 g/mol. The van der Waals surface area contributed by atoms with E-state index in [0.717, 1.165) is 5.56 Å². The largest absolute Gasteiger partial charge is 0.496 e. The first kappa shape index (κ1) is 17.6. The van der Waals surface area contributed by atoms with Crippen LogP contribution in [0.2, 0.25) is 5.02 Å². The SMILES string of the molecule is CCN(CC)C(=O)CSc1n[nH]c(-c2cc(Cl)ccc2OC)n1. The number of rotatable bonds is 7. The molecule has 2 rings (SSSR count). The molecule has 1 aromatic heterocycles. The van der Waals surface area contributed by atoms with Gasteiger partial charge >= 0.3 is 0 Å². The third kappa shape index (κ3) is 4.39. The number of amides is 1. The Morgan fingerprint density at radius 1 is 1.39 bits per heavy atom. The summed E-state index contributed by atoms with van der Waals surface area (Å²) in [6, 6.07) is 5.28. The number of nitrogens with one attached hydrogen (secondary N) is 1. The Hall–Kier alpha value is -1.73. The van der Waals surface area contributed by atoms with Gasteiger partial charge in [0.2, 0.25) is 11.1 Å². The Morgan fingerprint density at radius 3 is 2.78 bits per heavy atom. The van der Waals surface area contributed by atoms with Crippen molar-refractivity contribution in [1.29, 1.82) is 0 Å². The van der Waals surface area contributed by atoms with Crippen molar-refractivity contribution in [2.45, 2.75) is 19.0 Å². The van der Waals surface area contributed by atoms with E-state index in [2.05, 4.69) is 15.2 Å². The van der Waals surface area contributed by atoms with Crippen molar-refractivity contribution in [3.8, 4) is 17.1 Å².